The summed E-state index contributed by atoms with van der Waals surface area (Å²) in [5.41, 5.74) is 0.563. The Morgan fingerprint density at radius 3 is 2.35 bits per heavy atom. The number of ether oxygens (including phenoxy) is 3. The number of rotatable bonds is 9. The number of hydrogen-bond donors (Lipinski definition) is 0. The van der Waals surface area contributed by atoms with Crippen LogP contribution in [0, 0.1) is 0 Å². The fraction of sp³-hybridized carbons (Fsp3) is 0.467. The van der Waals surface area contributed by atoms with Crippen molar-refractivity contribution in [2.75, 3.05) is 26.9 Å². The number of ketones is 1. The molecule has 0 atom stereocenters. The van der Waals surface area contributed by atoms with Gasteiger partial charge in [-0.25, -0.2) is 0 Å². The topological polar surface area (TPSA) is 61.8 Å². The summed E-state index contributed by atoms with van der Waals surface area (Å²) >= 11 is 0. The molecular formula is C15H20O5. The lowest BCUT2D eigenvalue weighted by Crippen LogP contribution is -2.08. The van der Waals surface area contributed by atoms with Crippen molar-refractivity contribution >= 4 is 11.8 Å². The lowest BCUT2D eigenvalue weighted by Gasteiger charge is -2.06. The fourth-order valence-electron chi connectivity index (χ4n) is 1.57. The van der Waals surface area contributed by atoms with Gasteiger partial charge in [-0.05, 0) is 31.2 Å². The van der Waals surface area contributed by atoms with Gasteiger partial charge >= 0.3 is 5.97 Å². The van der Waals surface area contributed by atoms with Crippen molar-refractivity contribution in [2.45, 2.75) is 19.8 Å². The van der Waals surface area contributed by atoms with Gasteiger partial charge < -0.3 is 14.2 Å². The van der Waals surface area contributed by atoms with Crippen LogP contribution in [0.1, 0.15) is 30.1 Å². The van der Waals surface area contributed by atoms with E-state index in [-0.39, 0.29) is 24.6 Å². The average Bonchev–Trinajstić information content (AvgIpc) is 2.46. The first kappa shape index (κ1) is 16.2. The Kier molecular flexibility index (Phi) is 7.35. The van der Waals surface area contributed by atoms with Crippen LogP contribution in [-0.4, -0.2) is 38.7 Å². The maximum atomic E-state index is 11.9. The molecule has 0 saturated carbocycles. The summed E-state index contributed by atoms with van der Waals surface area (Å²) in [5.74, 6) is 0.255. The van der Waals surface area contributed by atoms with E-state index < -0.39 is 0 Å². The molecule has 0 heterocycles. The molecule has 5 heteroatoms. The predicted molar refractivity (Wildman–Crippen MR) is 74.0 cm³/mol. The number of Topliss-reactive ketones (excluding diaryl/α,β-unsaturated/α-hetero) is 1. The molecule has 0 unspecified atom stereocenters. The van der Waals surface area contributed by atoms with E-state index in [0.29, 0.717) is 31.1 Å². The maximum Gasteiger partial charge on any atom is 0.306 e. The van der Waals surface area contributed by atoms with Crippen molar-refractivity contribution in [1.29, 1.82) is 0 Å². The zero-order chi connectivity index (χ0) is 14.8. The number of methoxy groups -OCH3 is 1. The maximum absolute atomic E-state index is 11.9. The monoisotopic (exact) mass is 280 g/mol. The zero-order valence-electron chi connectivity index (χ0n) is 11.9. The van der Waals surface area contributed by atoms with Crippen molar-refractivity contribution < 1.29 is 23.8 Å². The minimum absolute atomic E-state index is 0.0819. The lowest BCUT2D eigenvalue weighted by molar-refractivity contribution is -0.143. The standard InChI is InChI=1S/C15H20O5/c1-3-19-15(17)9-8-14(16)12-4-6-13(7-5-12)20-11-10-18-2/h4-7H,3,8-11H2,1-2H3. The summed E-state index contributed by atoms with van der Waals surface area (Å²) in [6, 6.07) is 6.84. The Morgan fingerprint density at radius 2 is 1.75 bits per heavy atom. The molecule has 0 aromatic heterocycles. The molecule has 1 aromatic rings. The Labute approximate surface area is 118 Å². The summed E-state index contributed by atoms with van der Waals surface area (Å²) in [4.78, 5) is 23.0. The van der Waals surface area contributed by atoms with Crippen molar-refractivity contribution in [2.24, 2.45) is 0 Å². The molecule has 0 spiro atoms. The van der Waals surface area contributed by atoms with Gasteiger partial charge in [0, 0.05) is 19.1 Å². The first-order valence-corrected chi connectivity index (χ1v) is 6.58. The molecule has 0 bridgehead atoms. The molecule has 110 valence electrons. The molecule has 0 radical (unpaired) electrons. The number of carbonyl (C=O) groups excluding carboxylic acids is 2. The fourth-order valence-corrected chi connectivity index (χ4v) is 1.57. The molecule has 1 aromatic carbocycles. The largest absolute Gasteiger partial charge is 0.491 e. The second kappa shape index (κ2) is 9.09. The first-order chi connectivity index (χ1) is 9.67. The van der Waals surface area contributed by atoms with Gasteiger partial charge in [-0.2, -0.15) is 0 Å². The number of esters is 1. The van der Waals surface area contributed by atoms with E-state index in [2.05, 4.69) is 0 Å². The van der Waals surface area contributed by atoms with Crippen LogP contribution in [0.2, 0.25) is 0 Å². The van der Waals surface area contributed by atoms with Gasteiger partial charge in [-0.15, -0.1) is 0 Å². The van der Waals surface area contributed by atoms with Gasteiger partial charge in [-0.3, -0.25) is 9.59 Å². The second-order valence-electron chi connectivity index (χ2n) is 4.09. The van der Waals surface area contributed by atoms with Crippen LogP contribution in [0.5, 0.6) is 5.75 Å². The highest BCUT2D eigenvalue weighted by Gasteiger charge is 2.10. The van der Waals surface area contributed by atoms with Gasteiger partial charge in [0.2, 0.25) is 0 Å². The van der Waals surface area contributed by atoms with Crippen molar-refractivity contribution in [1.82, 2.24) is 0 Å². The summed E-state index contributed by atoms with van der Waals surface area (Å²) in [7, 11) is 1.61. The van der Waals surface area contributed by atoms with Crippen molar-refractivity contribution in [3.05, 3.63) is 29.8 Å². The average molecular weight is 280 g/mol. The molecule has 0 N–H and O–H groups in total. The van der Waals surface area contributed by atoms with E-state index in [9.17, 15) is 9.59 Å². The third-order valence-electron chi connectivity index (χ3n) is 2.59. The van der Waals surface area contributed by atoms with Gasteiger partial charge in [0.15, 0.2) is 5.78 Å². The molecule has 0 aliphatic rings. The minimum atomic E-state index is -0.347. The predicted octanol–water partition coefficient (Wildman–Crippen LogP) is 2.24. The van der Waals surface area contributed by atoms with Crippen LogP contribution < -0.4 is 4.74 Å². The SMILES string of the molecule is CCOC(=O)CCC(=O)c1ccc(OCCOC)cc1. The van der Waals surface area contributed by atoms with E-state index in [0.717, 1.165) is 0 Å². The highest BCUT2D eigenvalue weighted by Crippen LogP contribution is 2.14. The minimum Gasteiger partial charge on any atom is -0.491 e. The molecule has 0 fully saturated rings. The van der Waals surface area contributed by atoms with Gasteiger partial charge in [-0.1, -0.05) is 0 Å². The quantitative estimate of drug-likeness (QED) is 0.394. The molecule has 0 aliphatic heterocycles. The van der Waals surface area contributed by atoms with Gasteiger partial charge in [0.25, 0.3) is 0 Å². The van der Waals surface area contributed by atoms with Gasteiger partial charge in [0.1, 0.15) is 12.4 Å². The van der Waals surface area contributed by atoms with E-state index in [1.165, 1.54) is 0 Å². The smallest absolute Gasteiger partial charge is 0.306 e. The summed E-state index contributed by atoms with van der Waals surface area (Å²) in [6.07, 6.45) is 0.265. The van der Waals surface area contributed by atoms with Crippen molar-refractivity contribution in [3.63, 3.8) is 0 Å². The Hall–Kier alpha value is -1.88. The highest BCUT2D eigenvalue weighted by molar-refractivity contribution is 5.97. The zero-order valence-corrected chi connectivity index (χ0v) is 11.9. The summed E-state index contributed by atoms with van der Waals surface area (Å²) < 4.78 is 15.1. The molecule has 5 nitrogen and oxygen atoms in total. The van der Waals surface area contributed by atoms with E-state index in [1.807, 2.05) is 0 Å². The molecule has 20 heavy (non-hydrogen) atoms. The van der Waals surface area contributed by atoms with Crippen LogP contribution in [0.3, 0.4) is 0 Å². The molecule has 0 aliphatic carbocycles. The number of benzene rings is 1. The van der Waals surface area contributed by atoms with E-state index in [4.69, 9.17) is 14.2 Å². The van der Waals surface area contributed by atoms with E-state index >= 15 is 0 Å². The summed E-state index contributed by atoms with van der Waals surface area (Å²) in [5, 5.41) is 0. The molecule has 0 amide bonds. The Morgan fingerprint density at radius 1 is 1.05 bits per heavy atom. The van der Waals surface area contributed by atoms with Crippen LogP contribution in [-0.2, 0) is 14.3 Å². The third kappa shape index (κ3) is 5.84. The lowest BCUT2D eigenvalue weighted by atomic mass is 10.1. The van der Waals surface area contributed by atoms with Crippen LogP contribution >= 0.6 is 0 Å². The van der Waals surface area contributed by atoms with Crippen molar-refractivity contribution in [3.8, 4) is 5.75 Å². The molecule has 0 saturated heterocycles. The van der Waals surface area contributed by atoms with Crippen LogP contribution in [0.4, 0.5) is 0 Å². The van der Waals surface area contributed by atoms with Crippen LogP contribution in [0.25, 0.3) is 0 Å². The van der Waals surface area contributed by atoms with Crippen LogP contribution in [0.15, 0.2) is 24.3 Å². The second-order valence-corrected chi connectivity index (χ2v) is 4.09. The first-order valence-electron chi connectivity index (χ1n) is 6.58. The number of hydrogen-bond acceptors (Lipinski definition) is 5. The third-order valence-corrected chi connectivity index (χ3v) is 2.59. The molecular weight excluding hydrogens is 260 g/mol. The number of carbonyl (C=O) groups is 2. The Balaban J connectivity index is 2.42. The van der Waals surface area contributed by atoms with Gasteiger partial charge in [0.05, 0.1) is 19.6 Å². The normalized spacial score (nSPS) is 10.1. The highest BCUT2D eigenvalue weighted by atomic mass is 16.5. The molecule has 1 rings (SSSR count). The van der Waals surface area contributed by atoms with E-state index in [1.54, 1.807) is 38.3 Å². The summed E-state index contributed by atoms with van der Waals surface area (Å²) in [6.45, 7) is 3.05. The Bertz CT molecular complexity index is 424.